The number of aromatic nitrogens is 2. The summed E-state index contributed by atoms with van der Waals surface area (Å²) in [6, 6.07) is 1.34. The molecule has 0 unspecified atom stereocenters. The first-order chi connectivity index (χ1) is 5.74. The Labute approximate surface area is 96.9 Å². The van der Waals surface area contributed by atoms with Crippen molar-refractivity contribution in [1.82, 2.24) is 8.96 Å². The van der Waals surface area contributed by atoms with Gasteiger partial charge in [-0.15, -0.1) is 0 Å². The molecule has 0 saturated carbocycles. The molecule has 1 heterocycles. The molecule has 6 heteroatoms. The van der Waals surface area contributed by atoms with Crippen molar-refractivity contribution in [3.8, 4) is 0 Å². The van der Waals surface area contributed by atoms with Crippen LogP contribution in [0.1, 0.15) is 13.3 Å². The maximum Gasteiger partial charge on any atom is 0.338 e. The van der Waals surface area contributed by atoms with Crippen LogP contribution in [-0.4, -0.2) is 14.7 Å². The molecule has 0 saturated heterocycles. The van der Waals surface area contributed by atoms with E-state index in [1.165, 1.54) is 28.2 Å². The van der Waals surface area contributed by atoms with Gasteiger partial charge in [-0.25, -0.2) is 8.77 Å². The van der Waals surface area contributed by atoms with Crippen LogP contribution in [-0.2, 0) is 0 Å². The van der Waals surface area contributed by atoms with Crippen molar-refractivity contribution in [2.75, 3.05) is 5.75 Å². The van der Waals surface area contributed by atoms with Crippen molar-refractivity contribution in [3.05, 3.63) is 33.1 Å². The normalized spacial score (nSPS) is 9.31. The molecule has 1 rings (SSSR count). The summed E-state index contributed by atoms with van der Waals surface area (Å²) in [5.41, 5.74) is -0.714. The molecule has 1 aromatic heterocycles. The van der Waals surface area contributed by atoms with Crippen LogP contribution in [0.25, 0.3) is 0 Å². The van der Waals surface area contributed by atoms with Crippen molar-refractivity contribution < 1.29 is 0 Å². The molecule has 0 aromatic carbocycles. The summed E-state index contributed by atoms with van der Waals surface area (Å²) in [7, 11) is 0. The highest BCUT2D eigenvalue weighted by Crippen LogP contribution is 2.00. The third-order valence-electron chi connectivity index (χ3n) is 1.23. The van der Waals surface area contributed by atoms with Gasteiger partial charge in [0.1, 0.15) is 0 Å². The van der Waals surface area contributed by atoms with Crippen LogP contribution in [0.2, 0.25) is 0 Å². The summed E-state index contributed by atoms with van der Waals surface area (Å²) in [5, 5.41) is 0. The number of nitrogens with zero attached hydrogens (tertiary/aromatic N) is 1. The van der Waals surface area contributed by atoms with Gasteiger partial charge in [-0.3, -0.25) is 9.78 Å². The maximum atomic E-state index is 11.0. The zero-order valence-corrected chi connectivity index (χ0v) is 10.1. The van der Waals surface area contributed by atoms with Gasteiger partial charge >= 0.3 is 5.69 Å². The van der Waals surface area contributed by atoms with Crippen molar-refractivity contribution in [1.29, 1.82) is 0 Å². The molecule has 1 N–H and O–H groups in total. The second-order valence-electron chi connectivity index (χ2n) is 2.27. The number of nitrogens with one attached hydrogen (secondary N) is 1. The molecule has 0 spiro atoms. The first kappa shape index (κ1) is 12.8. The predicted octanol–water partition coefficient (Wildman–Crippen LogP) is 1.33. The van der Waals surface area contributed by atoms with E-state index in [2.05, 4.69) is 4.98 Å². The first-order valence-electron chi connectivity index (χ1n) is 3.69. The maximum absolute atomic E-state index is 11.0. The number of H-pyrrole nitrogens is 1. The van der Waals surface area contributed by atoms with Gasteiger partial charge < -0.3 is 0 Å². The molecule has 0 aliphatic carbocycles. The molecule has 4 nitrogen and oxygen atoms in total. The van der Waals surface area contributed by atoms with E-state index in [9.17, 15) is 9.59 Å². The molecule has 0 aliphatic heterocycles. The average molecular weight is 313 g/mol. The molecule has 0 fully saturated rings. The van der Waals surface area contributed by atoms with Crippen LogP contribution in [0.4, 0.5) is 0 Å². The van der Waals surface area contributed by atoms with E-state index in [0.717, 1.165) is 12.2 Å². The molecule has 0 aliphatic rings. The quantitative estimate of drug-likeness (QED) is 0.857. The lowest BCUT2D eigenvalue weighted by molar-refractivity contribution is 0.980. The van der Waals surface area contributed by atoms with Crippen LogP contribution >= 0.6 is 35.9 Å². The smallest absolute Gasteiger partial charge is 0.273 e. The van der Waals surface area contributed by atoms with E-state index in [0.29, 0.717) is 0 Å². The Morgan fingerprint density at radius 2 is 2.23 bits per heavy atom. The molecule has 0 atom stereocenters. The van der Waals surface area contributed by atoms with Crippen LogP contribution in [0, 0.1) is 0 Å². The van der Waals surface area contributed by atoms with E-state index in [4.69, 9.17) is 0 Å². The number of rotatable bonds is 3. The first-order valence-corrected chi connectivity index (χ1v) is 4.63. The minimum Gasteiger partial charge on any atom is -0.273 e. The Hall–Kier alpha value is -0.240. The monoisotopic (exact) mass is 313 g/mol. The summed E-state index contributed by atoms with van der Waals surface area (Å²) in [5.74, 6) is 0.867. The van der Waals surface area contributed by atoms with E-state index in [1.54, 1.807) is 0 Å². The SMILES string of the molecule is CCCSn1ccc(=O)[nH]c1=O.[I]. The largest absolute Gasteiger partial charge is 0.338 e. The number of aromatic amines is 1. The third-order valence-corrected chi connectivity index (χ3v) is 2.38. The second kappa shape index (κ2) is 6.25. The van der Waals surface area contributed by atoms with Gasteiger partial charge in [-0.2, -0.15) is 0 Å². The highest BCUT2D eigenvalue weighted by molar-refractivity contribution is 14.0. The van der Waals surface area contributed by atoms with Gasteiger partial charge in [0.2, 0.25) is 0 Å². The lowest BCUT2D eigenvalue weighted by atomic mass is 10.6. The molecule has 73 valence electrons. The van der Waals surface area contributed by atoms with Gasteiger partial charge in [0, 0.05) is 42.0 Å². The molecular formula is C7H10IN2O2S. The van der Waals surface area contributed by atoms with Gasteiger partial charge in [0.05, 0.1) is 0 Å². The summed E-state index contributed by atoms with van der Waals surface area (Å²) < 4.78 is 1.42. The Morgan fingerprint density at radius 3 is 2.77 bits per heavy atom. The van der Waals surface area contributed by atoms with Gasteiger partial charge in [-0.05, 0) is 18.4 Å². The second-order valence-corrected chi connectivity index (χ2v) is 3.33. The summed E-state index contributed by atoms with van der Waals surface area (Å²) in [6.45, 7) is 2.03. The Morgan fingerprint density at radius 1 is 1.54 bits per heavy atom. The van der Waals surface area contributed by atoms with Crippen LogP contribution < -0.4 is 11.2 Å². The van der Waals surface area contributed by atoms with Crippen molar-refractivity contribution in [2.45, 2.75) is 13.3 Å². The van der Waals surface area contributed by atoms with Crippen molar-refractivity contribution in [2.24, 2.45) is 0 Å². The molecule has 13 heavy (non-hydrogen) atoms. The molecule has 1 aromatic rings. The van der Waals surface area contributed by atoms with E-state index in [1.807, 2.05) is 6.92 Å². The molecule has 1 radical (unpaired) electrons. The minimum atomic E-state index is -0.360. The number of hydrogen-bond donors (Lipinski definition) is 1. The topological polar surface area (TPSA) is 54.9 Å². The third kappa shape index (κ3) is 3.99. The average Bonchev–Trinajstić information content (AvgIpc) is 2.03. The highest BCUT2D eigenvalue weighted by atomic mass is 127. The predicted molar refractivity (Wildman–Crippen MR) is 63.5 cm³/mol. The number of halogens is 1. The highest BCUT2D eigenvalue weighted by Gasteiger charge is 1.94. The van der Waals surface area contributed by atoms with Crippen LogP contribution in [0.3, 0.4) is 0 Å². The summed E-state index contributed by atoms with van der Waals surface area (Å²) in [6.07, 6.45) is 2.48. The van der Waals surface area contributed by atoms with E-state index < -0.39 is 0 Å². The molecule has 0 amide bonds. The fraction of sp³-hybridized carbons (Fsp3) is 0.429. The fourth-order valence-corrected chi connectivity index (χ4v) is 1.39. The fourth-order valence-electron chi connectivity index (χ4n) is 0.697. The van der Waals surface area contributed by atoms with Crippen molar-refractivity contribution in [3.63, 3.8) is 0 Å². The van der Waals surface area contributed by atoms with E-state index in [-0.39, 0.29) is 35.2 Å². The lowest BCUT2D eigenvalue weighted by Crippen LogP contribution is -2.25. The zero-order chi connectivity index (χ0) is 8.97. The minimum absolute atomic E-state index is 0. The van der Waals surface area contributed by atoms with Gasteiger partial charge in [0.15, 0.2) is 0 Å². The van der Waals surface area contributed by atoms with Crippen molar-refractivity contribution >= 4 is 35.9 Å². The zero-order valence-electron chi connectivity index (χ0n) is 7.12. The van der Waals surface area contributed by atoms with Gasteiger partial charge in [0.25, 0.3) is 5.56 Å². The lowest BCUT2D eigenvalue weighted by Gasteiger charge is -1.99. The number of hydrogen-bond acceptors (Lipinski definition) is 3. The van der Waals surface area contributed by atoms with Gasteiger partial charge in [-0.1, -0.05) is 6.92 Å². The summed E-state index contributed by atoms with van der Waals surface area (Å²) >= 11 is 1.39. The molecule has 0 bridgehead atoms. The Bertz CT molecular complexity index is 360. The standard InChI is InChI=1S/C7H10N2O2S.I/c1-2-5-12-9-4-3-6(10)8-7(9)11;/h3-4H,2,5H2,1H3,(H,8,10,11);. The summed E-state index contributed by atoms with van der Waals surface area (Å²) in [4.78, 5) is 23.8. The van der Waals surface area contributed by atoms with Crippen LogP contribution in [0.15, 0.2) is 21.9 Å². The Kier molecular flexibility index (Phi) is 6.13. The van der Waals surface area contributed by atoms with E-state index >= 15 is 0 Å². The molecular weight excluding hydrogens is 303 g/mol. The van der Waals surface area contributed by atoms with Crippen LogP contribution in [0.5, 0.6) is 0 Å². The Balaban J connectivity index is 0.00000144.